The number of amides is 2. The lowest BCUT2D eigenvalue weighted by molar-refractivity contribution is 0.0645. The van der Waals surface area contributed by atoms with Gasteiger partial charge < -0.3 is 26.0 Å². The minimum atomic E-state index is -1.28. The summed E-state index contributed by atoms with van der Waals surface area (Å²) in [6.07, 6.45) is 1.06. The van der Waals surface area contributed by atoms with Crippen molar-refractivity contribution in [3.05, 3.63) is 12.2 Å². The Morgan fingerprint density at radius 3 is 2.44 bits per heavy atom. The largest absolute Gasteiger partial charge is 0.465 e. The van der Waals surface area contributed by atoms with E-state index < -0.39 is 29.9 Å². The molecule has 0 aromatic heterocycles. The fraction of sp³-hybridized carbons (Fsp3) is 0.556. The molecule has 5 N–H and O–H groups in total. The zero-order valence-electron chi connectivity index (χ0n) is 8.25. The second-order valence-corrected chi connectivity index (χ2v) is 4.12. The van der Waals surface area contributed by atoms with E-state index in [0.29, 0.717) is 6.42 Å². The highest BCUT2D eigenvalue weighted by molar-refractivity contribution is 5.68. The Morgan fingerprint density at radius 1 is 1.25 bits per heavy atom. The van der Waals surface area contributed by atoms with Crippen molar-refractivity contribution in [2.75, 3.05) is 0 Å². The van der Waals surface area contributed by atoms with Gasteiger partial charge in [-0.1, -0.05) is 12.2 Å². The number of fused-ring (bicyclic) bond motifs is 2. The summed E-state index contributed by atoms with van der Waals surface area (Å²) in [7, 11) is 0. The third-order valence-corrected chi connectivity index (χ3v) is 3.12. The molecule has 0 aromatic rings. The Bertz CT molecular complexity index is 369. The SMILES string of the molecule is O=C(O)NC1C2C=CC(O)(C2)C1NC(=O)O. The van der Waals surface area contributed by atoms with Crippen molar-refractivity contribution in [3.8, 4) is 0 Å². The summed E-state index contributed by atoms with van der Waals surface area (Å²) in [5.41, 5.74) is -1.28. The number of nitrogens with one attached hydrogen (secondary N) is 2. The number of hydrogen-bond acceptors (Lipinski definition) is 3. The molecule has 0 heterocycles. The van der Waals surface area contributed by atoms with Gasteiger partial charge in [0.15, 0.2) is 0 Å². The molecule has 0 aromatic carbocycles. The first kappa shape index (κ1) is 10.7. The van der Waals surface area contributed by atoms with Crippen LogP contribution in [0.4, 0.5) is 9.59 Å². The van der Waals surface area contributed by atoms with Crippen LogP contribution in [0.1, 0.15) is 6.42 Å². The van der Waals surface area contributed by atoms with Crippen LogP contribution >= 0.6 is 0 Å². The number of rotatable bonds is 2. The van der Waals surface area contributed by atoms with Crippen LogP contribution in [-0.4, -0.2) is 45.2 Å². The lowest BCUT2D eigenvalue weighted by Crippen LogP contribution is -2.58. The van der Waals surface area contributed by atoms with Gasteiger partial charge in [-0.3, -0.25) is 0 Å². The molecule has 2 rings (SSSR count). The molecule has 0 spiro atoms. The molecular formula is C9H12N2O5. The average molecular weight is 228 g/mol. The summed E-state index contributed by atoms with van der Waals surface area (Å²) in [6, 6.07) is -1.46. The van der Waals surface area contributed by atoms with Crippen LogP contribution in [-0.2, 0) is 0 Å². The normalized spacial score (nSPS) is 39.7. The summed E-state index contributed by atoms with van der Waals surface area (Å²) in [5, 5.41) is 31.8. The van der Waals surface area contributed by atoms with Crippen molar-refractivity contribution in [1.82, 2.24) is 10.6 Å². The third kappa shape index (κ3) is 1.58. The second-order valence-electron chi connectivity index (χ2n) is 4.12. The quantitative estimate of drug-likeness (QED) is 0.411. The average Bonchev–Trinajstić information content (AvgIpc) is 2.62. The smallest absolute Gasteiger partial charge is 0.405 e. The number of carboxylic acid groups (broad SMARTS) is 2. The van der Waals surface area contributed by atoms with Gasteiger partial charge in [0.2, 0.25) is 0 Å². The van der Waals surface area contributed by atoms with Crippen LogP contribution in [0.15, 0.2) is 12.2 Å². The number of carbonyl (C=O) groups is 2. The Balaban J connectivity index is 2.20. The van der Waals surface area contributed by atoms with Gasteiger partial charge in [-0.05, 0) is 6.42 Å². The Hall–Kier alpha value is -1.76. The van der Waals surface area contributed by atoms with E-state index >= 15 is 0 Å². The molecule has 1 saturated carbocycles. The maximum atomic E-state index is 10.6. The zero-order valence-corrected chi connectivity index (χ0v) is 8.25. The molecule has 88 valence electrons. The molecule has 16 heavy (non-hydrogen) atoms. The van der Waals surface area contributed by atoms with Gasteiger partial charge in [-0.2, -0.15) is 0 Å². The molecule has 0 saturated heterocycles. The van der Waals surface area contributed by atoms with Crippen LogP contribution in [0.3, 0.4) is 0 Å². The highest BCUT2D eigenvalue weighted by atomic mass is 16.4. The van der Waals surface area contributed by atoms with Crippen molar-refractivity contribution < 1.29 is 24.9 Å². The predicted molar refractivity (Wildman–Crippen MR) is 52.1 cm³/mol. The van der Waals surface area contributed by atoms with Crippen LogP contribution in [0.25, 0.3) is 0 Å². The summed E-state index contributed by atoms with van der Waals surface area (Å²) in [4.78, 5) is 21.2. The monoisotopic (exact) mass is 228 g/mol. The van der Waals surface area contributed by atoms with Crippen molar-refractivity contribution >= 4 is 12.2 Å². The summed E-state index contributed by atoms with van der Waals surface area (Å²) in [5.74, 6) is -0.169. The first-order valence-electron chi connectivity index (χ1n) is 4.83. The number of hydrogen-bond donors (Lipinski definition) is 5. The molecule has 7 nitrogen and oxygen atoms in total. The first-order chi connectivity index (χ1) is 7.42. The molecule has 0 radical (unpaired) electrons. The maximum Gasteiger partial charge on any atom is 0.405 e. The fourth-order valence-electron chi connectivity index (χ4n) is 2.52. The van der Waals surface area contributed by atoms with Crippen LogP contribution < -0.4 is 10.6 Å². The minimum Gasteiger partial charge on any atom is -0.465 e. The molecule has 4 atom stereocenters. The molecule has 2 aliphatic rings. The van der Waals surface area contributed by atoms with E-state index in [-0.39, 0.29) is 5.92 Å². The van der Waals surface area contributed by atoms with Gasteiger partial charge in [0, 0.05) is 5.92 Å². The van der Waals surface area contributed by atoms with E-state index in [2.05, 4.69) is 10.6 Å². The predicted octanol–water partition coefficient (Wildman–Crippen LogP) is -0.420. The van der Waals surface area contributed by atoms with E-state index in [0.717, 1.165) is 0 Å². The highest BCUT2D eigenvalue weighted by Crippen LogP contribution is 2.42. The highest BCUT2D eigenvalue weighted by Gasteiger charge is 2.55. The molecule has 2 amide bonds. The Kier molecular flexibility index (Phi) is 2.27. The minimum absolute atomic E-state index is 0.169. The fourth-order valence-corrected chi connectivity index (χ4v) is 2.52. The van der Waals surface area contributed by atoms with Gasteiger partial charge in [0.25, 0.3) is 0 Å². The Morgan fingerprint density at radius 2 is 1.88 bits per heavy atom. The first-order valence-corrected chi connectivity index (χ1v) is 4.83. The summed E-state index contributed by atoms with van der Waals surface area (Å²) >= 11 is 0. The van der Waals surface area contributed by atoms with Crippen molar-refractivity contribution in [1.29, 1.82) is 0 Å². The maximum absolute atomic E-state index is 10.6. The van der Waals surface area contributed by atoms with Crippen molar-refractivity contribution in [3.63, 3.8) is 0 Å². The van der Waals surface area contributed by atoms with E-state index in [1.807, 2.05) is 0 Å². The molecule has 2 bridgehead atoms. The number of aliphatic hydroxyl groups is 1. The van der Waals surface area contributed by atoms with Gasteiger partial charge in [-0.25, -0.2) is 9.59 Å². The standard InChI is InChI=1S/C9H12N2O5/c12-7(13)10-5-4-1-2-9(16,3-4)6(5)11-8(14)15/h1-2,4-6,10-11,16H,3H2,(H,12,13)(H,14,15). The molecule has 0 aliphatic heterocycles. The van der Waals surface area contributed by atoms with E-state index in [1.165, 1.54) is 6.08 Å². The van der Waals surface area contributed by atoms with Crippen LogP contribution in [0.5, 0.6) is 0 Å². The topological polar surface area (TPSA) is 119 Å². The summed E-state index contributed by atoms with van der Waals surface area (Å²) < 4.78 is 0. The lowest BCUT2D eigenvalue weighted by atomic mass is 9.93. The van der Waals surface area contributed by atoms with Crippen molar-refractivity contribution in [2.24, 2.45) is 5.92 Å². The molecule has 2 aliphatic carbocycles. The second kappa shape index (κ2) is 3.38. The molecule has 7 heteroatoms. The molecule has 4 unspecified atom stereocenters. The van der Waals surface area contributed by atoms with Crippen LogP contribution in [0, 0.1) is 5.92 Å². The lowest BCUT2D eigenvalue weighted by Gasteiger charge is -2.32. The molecular weight excluding hydrogens is 216 g/mol. The summed E-state index contributed by atoms with van der Waals surface area (Å²) in [6.45, 7) is 0. The van der Waals surface area contributed by atoms with E-state index in [9.17, 15) is 14.7 Å². The van der Waals surface area contributed by atoms with Gasteiger partial charge >= 0.3 is 12.2 Å². The molecule has 1 fully saturated rings. The van der Waals surface area contributed by atoms with Crippen molar-refractivity contribution in [2.45, 2.75) is 24.1 Å². The third-order valence-electron chi connectivity index (χ3n) is 3.12. The zero-order chi connectivity index (χ0) is 11.9. The van der Waals surface area contributed by atoms with E-state index in [1.54, 1.807) is 6.08 Å². The van der Waals surface area contributed by atoms with Gasteiger partial charge in [-0.15, -0.1) is 0 Å². The van der Waals surface area contributed by atoms with E-state index in [4.69, 9.17) is 10.2 Å². The van der Waals surface area contributed by atoms with Crippen LogP contribution in [0.2, 0.25) is 0 Å². The Labute approximate surface area is 90.8 Å². The van der Waals surface area contributed by atoms with Gasteiger partial charge in [0.05, 0.1) is 12.1 Å². The van der Waals surface area contributed by atoms with Gasteiger partial charge in [0.1, 0.15) is 5.60 Å².